The van der Waals surface area contributed by atoms with E-state index in [0.29, 0.717) is 12.5 Å². The predicted octanol–water partition coefficient (Wildman–Crippen LogP) is 6.12. The van der Waals surface area contributed by atoms with Crippen LogP contribution in [0.1, 0.15) is 69.9 Å². The molecule has 0 aromatic heterocycles. The molecule has 1 heterocycles. The fourth-order valence-electron chi connectivity index (χ4n) is 5.59. The third kappa shape index (κ3) is 5.04. The second-order valence-corrected chi connectivity index (χ2v) is 9.91. The molecule has 1 fully saturated rings. The number of allylic oxidation sites excluding steroid dienone is 1. The van der Waals surface area contributed by atoms with Gasteiger partial charge in [-0.1, -0.05) is 56.0 Å². The van der Waals surface area contributed by atoms with E-state index in [1.54, 1.807) is 17.0 Å². The summed E-state index contributed by atoms with van der Waals surface area (Å²) in [6.45, 7) is 2.66. The third-order valence-electron chi connectivity index (χ3n) is 7.68. The minimum atomic E-state index is -2.98. The summed E-state index contributed by atoms with van der Waals surface area (Å²) >= 11 is 0. The Morgan fingerprint density at radius 2 is 1.94 bits per heavy atom. The number of carbonyl (C=O) groups excluding carboxylic acids is 1. The van der Waals surface area contributed by atoms with Gasteiger partial charge in [0.2, 0.25) is 0 Å². The van der Waals surface area contributed by atoms with Gasteiger partial charge in [-0.3, -0.25) is 0 Å². The lowest BCUT2D eigenvalue weighted by Crippen LogP contribution is -2.69. The van der Waals surface area contributed by atoms with E-state index in [1.807, 2.05) is 0 Å². The van der Waals surface area contributed by atoms with Crippen LogP contribution < -0.4 is 10.6 Å². The molecule has 0 saturated heterocycles. The van der Waals surface area contributed by atoms with E-state index >= 15 is 0 Å². The molecule has 0 bridgehead atoms. The van der Waals surface area contributed by atoms with E-state index in [-0.39, 0.29) is 12.2 Å². The van der Waals surface area contributed by atoms with E-state index < -0.39 is 30.1 Å². The molecule has 2 amide bonds. The number of hydrogen-bond acceptors (Lipinski definition) is 2. The lowest BCUT2D eigenvalue weighted by molar-refractivity contribution is -0.131. The number of hydrogen-bond donors (Lipinski definition) is 2. The normalized spacial score (nSPS) is 28.2. The first-order valence-electron chi connectivity index (χ1n) is 12.6. The molecule has 4 rings (SSSR count). The molecular weight excluding hydrogens is 439 g/mol. The number of unbranched alkanes of at least 4 members (excludes halogenated alkanes) is 2. The van der Waals surface area contributed by atoms with Crippen LogP contribution in [0.3, 0.4) is 0 Å². The molecule has 1 aromatic carbocycles. The Labute approximate surface area is 200 Å². The largest absolute Gasteiger partial charge is 0.329 e. The zero-order valence-electron chi connectivity index (χ0n) is 20.1. The Morgan fingerprint density at radius 3 is 2.62 bits per heavy atom. The van der Waals surface area contributed by atoms with E-state index in [9.17, 15) is 18.0 Å². The number of amides is 2. The van der Waals surface area contributed by atoms with Crippen molar-refractivity contribution in [2.24, 2.45) is 5.92 Å². The van der Waals surface area contributed by atoms with Crippen molar-refractivity contribution in [3.63, 3.8) is 0 Å². The fraction of sp³-hybridized carbons (Fsp3) is 0.593. The highest BCUT2D eigenvalue weighted by atomic mass is 19.3. The molecule has 3 aliphatic rings. The van der Waals surface area contributed by atoms with Gasteiger partial charge in [-0.2, -0.15) is 0 Å². The quantitative estimate of drug-likeness (QED) is 0.467. The SMILES string of the molecule is CCCCCC1CC=CC2=C(CCN(C(=O)N[C@H]3C[C@H](NC)C3(F)F)[C@H]2c2ccc(F)cc2)C1. The minimum Gasteiger partial charge on any atom is -0.329 e. The van der Waals surface area contributed by atoms with Gasteiger partial charge in [-0.25, -0.2) is 18.0 Å². The minimum absolute atomic E-state index is 0.192. The Balaban J connectivity index is 1.58. The van der Waals surface area contributed by atoms with Gasteiger partial charge >= 0.3 is 6.03 Å². The van der Waals surface area contributed by atoms with Crippen molar-refractivity contribution in [2.45, 2.75) is 82.3 Å². The molecule has 0 radical (unpaired) electrons. The Morgan fingerprint density at radius 1 is 1.18 bits per heavy atom. The van der Waals surface area contributed by atoms with E-state index in [0.717, 1.165) is 30.4 Å². The monoisotopic (exact) mass is 475 g/mol. The van der Waals surface area contributed by atoms with Crippen molar-refractivity contribution < 1.29 is 18.0 Å². The molecule has 4 atom stereocenters. The highest BCUT2D eigenvalue weighted by molar-refractivity contribution is 5.77. The summed E-state index contributed by atoms with van der Waals surface area (Å²) < 4.78 is 42.5. The number of urea groups is 1. The van der Waals surface area contributed by atoms with Crippen molar-refractivity contribution in [2.75, 3.05) is 13.6 Å². The molecule has 0 spiro atoms. The van der Waals surface area contributed by atoms with Gasteiger partial charge in [0.1, 0.15) is 5.82 Å². The van der Waals surface area contributed by atoms with Crippen LogP contribution in [0.2, 0.25) is 0 Å². The molecule has 7 heteroatoms. The number of rotatable bonds is 7. The smallest absolute Gasteiger partial charge is 0.318 e. The summed E-state index contributed by atoms with van der Waals surface area (Å²) in [4.78, 5) is 14.9. The van der Waals surface area contributed by atoms with Crippen molar-refractivity contribution >= 4 is 6.03 Å². The van der Waals surface area contributed by atoms with Gasteiger partial charge in [-0.15, -0.1) is 0 Å². The van der Waals surface area contributed by atoms with Crippen molar-refractivity contribution in [1.29, 1.82) is 0 Å². The van der Waals surface area contributed by atoms with Gasteiger partial charge in [0.05, 0.1) is 18.1 Å². The van der Waals surface area contributed by atoms with Gasteiger partial charge in [-0.05, 0) is 68.3 Å². The first kappa shape index (κ1) is 24.8. The topological polar surface area (TPSA) is 44.4 Å². The second kappa shape index (κ2) is 10.5. The number of nitrogens with one attached hydrogen (secondary N) is 2. The van der Waals surface area contributed by atoms with Gasteiger partial charge in [0.15, 0.2) is 0 Å². The maximum Gasteiger partial charge on any atom is 0.318 e. The van der Waals surface area contributed by atoms with Crippen LogP contribution in [0.15, 0.2) is 47.6 Å². The lowest BCUT2D eigenvalue weighted by Gasteiger charge is -2.46. The molecular formula is C27H36F3N3O. The number of benzene rings is 1. The van der Waals surface area contributed by atoms with Crippen molar-refractivity contribution in [1.82, 2.24) is 15.5 Å². The maximum absolute atomic E-state index is 14.4. The summed E-state index contributed by atoms with van der Waals surface area (Å²) in [6.07, 6.45) is 12.0. The van der Waals surface area contributed by atoms with Crippen LogP contribution in [-0.2, 0) is 0 Å². The Hall–Kier alpha value is -2.28. The van der Waals surface area contributed by atoms with E-state index in [4.69, 9.17) is 0 Å². The molecule has 1 saturated carbocycles. The molecule has 1 unspecified atom stereocenters. The van der Waals surface area contributed by atoms with E-state index in [2.05, 4.69) is 29.7 Å². The molecule has 1 aromatic rings. The van der Waals surface area contributed by atoms with Crippen LogP contribution in [0.4, 0.5) is 18.0 Å². The number of halogens is 3. The van der Waals surface area contributed by atoms with Crippen molar-refractivity contribution in [3.8, 4) is 0 Å². The molecule has 186 valence electrons. The zero-order valence-corrected chi connectivity index (χ0v) is 20.1. The lowest BCUT2D eigenvalue weighted by atomic mass is 9.81. The summed E-state index contributed by atoms with van der Waals surface area (Å²) in [7, 11) is 1.51. The highest BCUT2D eigenvalue weighted by Gasteiger charge is 2.58. The fourth-order valence-corrected chi connectivity index (χ4v) is 5.59. The highest BCUT2D eigenvalue weighted by Crippen LogP contribution is 2.43. The zero-order chi connectivity index (χ0) is 24.3. The average molecular weight is 476 g/mol. The second-order valence-electron chi connectivity index (χ2n) is 9.91. The Kier molecular flexibility index (Phi) is 7.70. The first-order chi connectivity index (χ1) is 16.3. The third-order valence-corrected chi connectivity index (χ3v) is 7.68. The summed E-state index contributed by atoms with van der Waals surface area (Å²) in [6, 6.07) is 3.18. The van der Waals surface area contributed by atoms with Gasteiger partial charge in [0.25, 0.3) is 5.92 Å². The van der Waals surface area contributed by atoms with Gasteiger partial charge < -0.3 is 15.5 Å². The molecule has 2 N–H and O–H groups in total. The standard InChI is InChI=1S/C27H36F3N3O/c1-3-4-5-7-18-8-6-9-22-20(16-18)14-15-33(25(22)19-10-12-21(28)13-11-19)26(34)32-24-17-23(31-2)27(24,29)30/h6,9-13,18,23-25,31H,3-5,7-8,14-17H2,1-2H3,(H,32,34)/t18?,23-,24-,25-/m0/s1. The van der Waals surface area contributed by atoms with Crippen molar-refractivity contribution in [3.05, 3.63) is 58.9 Å². The van der Waals surface area contributed by atoms with E-state index in [1.165, 1.54) is 50.4 Å². The summed E-state index contributed by atoms with van der Waals surface area (Å²) in [5.41, 5.74) is 3.18. The summed E-state index contributed by atoms with van der Waals surface area (Å²) in [5.74, 6) is -2.75. The first-order valence-corrected chi connectivity index (χ1v) is 12.6. The van der Waals surface area contributed by atoms with Crippen LogP contribution >= 0.6 is 0 Å². The number of carbonyl (C=O) groups is 1. The van der Waals surface area contributed by atoms with Crippen LogP contribution in [0.5, 0.6) is 0 Å². The predicted molar refractivity (Wildman–Crippen MR) is 128 cm³/mol. The van der Waals surface area contributed by atoms with Crippen LogP contribution in [0, 0.1) is 11.7 Å². The van der Waals surface area contributed by atoms with Gasteiger partial charge in [0, 0.05) is 6.54 Å². The molecule has 34 heavy (non-hydrogen) atoms. The maximum atomic E-state index is 14.4. The van der Waals surface area contributed by atoms with Crippen LogP contribution in [0.25, 0.3) is 0 Å². The Bertz CT molecular complexity index is 928. The molecule has 1 aliphatic heterocycles. The number of alkyl halides is 2. The molecule has 4 nitrogen and oxygen atoms in total. The summed E-state index contributed by atoms with van der Waals surface area (Å²) in [5, 5.41) is 5.20. The average Bonchev–Trinajstić information content (AvgIpc) is 3.03. The molecule has 2 aliphatic carbocycles. The number of nitrogens with zero attached hydrogens (tertiary/aromatic N) is 1. The van der Waals surface area contributed by atoms with Crippen LogP contribution in [-0.4, -0.2) is 42.5 Å².